The zero-order valence-corrected chi connectivity index (χ0v) is 13.1. The molecule has 2 aliphatic rings. The second kappa shape index (κ2) is 5.50. The van der Waals surface area contributed by atoms with Crippen molar-refractivity contribution >= 4 is 15.7 Å². The van der Waals surface area contributed by atoms with Crippen molar-refractivity contribution in [1.29, 1.82) is 0 Å². The Morgan fingerprint density at radius 1 is 1.19 bits per heavy atom. The molecule has 1 aromatic rings. The van der Waals surface area contributed by atoms with Crippen LogP contribution in [0.15, 0.2) is 23.1 Å². The molecule has 0 heterocycles. The van der Waals surface area contributed by atoms with Crippen molar-refractivity contribution in [3.05, 3.63) is 18.2 Å². The van der Waals surface area contributed by atoms with Crippen LogP contribution >= 0.6 is 0 Å². The van der Waals surface area contributed by atoms with E-state index in [9.17, 15) is 8.42 Å². The maximum Gasteiger partial charge on any atom is 0.243 e. The van der Waals surface area contributed by atoms with E-state index in [4.69, 9.17) is 10.5 Å². The van der Waals surface area contributed by atoms with Crippen LogP contribution in [0.2, 0.25) is 0 Å². The first-order valence-electron chi connectivity index (χ1n) is 7.44. The van der Waals surface area contributed by atoms with Gasteiger partial charge in [0.2, 0.25) is 10.0 Å². The molecule has 0 unspecified atom stereocenters. The Morgan fingerprint density at radius 3 is 2.19 bits per heavy atom. The minimum Gasteiger partial charge on any atom is -0.495 e. The minimum atomic E-state index is -3.46. The van der Waals surface area contributed by atoms with Crippen LogP contribution in [-0.2, 0) is 10.0 Å². The maximum atomic E-state index is 12.8. The van der Waals surface area contributed by atoms with E-state index in [0.29, 0.717) is 36.4 Å². The summed E-state index contributed by atoms with van der Waals surface area (Å²) in [5.41, 5.74) is 6.21. The number of rotatable bonds is 7. The van der Waals surface area contributed by atoms with E-state index < -0.39 is 10.0 Å². The van der Waals surface area contributed by atoms with Crippen molar-refractivity contribution in [3.63, 3.8) is 0 Å². The van der Waals surface area contributed by atoms with Crippen molar-refractivity contribution in [2.75, 3.05) is 25.9 Å². The maximum absolute atomic E-state index is 12.8. The van der Waals surface area contributed by atoms with E-state index in [1.165, 1.54) is 13.2 Å². The summed E-state index contributed by atoms with van der Waals surface area (Å²) >= 11 is 0. The number of anilines is 1. The number of nitrogen functional groups attached to an aromatic ring is 1. The standard InChI is InChI=1S/C15H22N2O3S/c1-20-15-7-6-13(8-14(15)16)21(18,19)17(9-11-2-3-11)10-12-4-5-12/h6-8,11-12H,2-5,9-10,16H2,1H3. The smallest absolute Gasteiger partial charge is 0.243 e. The molecule has 6 heteroatoms. The van der Waals surface area contributed by atoms with E-state index in [1.807, 2.05) is 0 Å². The van der Waals surface area contributed by atoms with E-state index in [0.717, 1.165) is 25.7 Å². The van der Waals surface area contributed by atoms with E-state index in [1.54, 1.807) is 16.4 Å². The molecule has 0 aliphatic heterocycles. The highest BCUT2D eigenvalue weighted by Gasteiger charge is 2.35. The average Bonchev–Trinajstić information content (AvgIpc) is 3.33. The number of ether oxygens (including phenoxy) is 1. The van der Waals surface area contributed by atoms with Crippen LogP contribution in [0.1, 0.15) is 25.7 Å². The van der Waals surface area contributed by atoms with Crippen molar-refractivity contribution in [3.8, 4) is 5.75 Å². The van der Waals surface area contributed by atoms with Crippen molar-refractivity contribution in [1.82, 2.24) is 4.31 Å². The highest BCUT2D eigenvalue weighted by Crippen LogP contribution is 2.36. The molecule has 21 heavy (non-hydrogen) atoms. The summed E-state index contributed by atoms with van der Waals surface area (Å²) < 4.78 is 32.4. The van der Waals surface area contributed by atoms with Crippen LogP contribution in [0, 0.1) is 11.8 Å². The SMILES string of the molecule is COc1ccc(S(=O)(=O)N(CC2CC2)CC2CC2)cc1N. The molecule has 3 rings (SSSR count). The molecule has 0 amide bonds. The van der Waals surface area contributed by atoms with Gasteiger partial charge in [0, 0.05) is 13.1 Å². The lowest BCUT2D eigenvalue weighted by Crippen LogP contribution is -2.34. The molecule has 0 atom stereocenters. The predicted octanol–water partition coefficient (Wildman–Crippen LogP) is 2.09. The number of nitrogens with zero attached hydrogens (tertiary/aromatic N) is 1. The summed E-state index contributed by atoms with van der Waals surface area (Å²) in [6.07, 6.45) is 4.56. The Kier molecular flexibility index (Phi) is 3.84. The van der Waals surface area contributed by atoms with Gasteiger partial charge in [-0.05, 0) is 55.7 Å². The van der Waals surface area contributed by atoms with Crippen molar-refractivity contribution in [2.24, 2.45) is 11.8 Å². The number of hydrogen-bond acceptors (Lipinski definition) is 4. The van der Waals surface area contributed by atoms with Crippen molar-refractivity contribution < 1.29 is 13.2 Å². The number of sulfonamides is 1. The van der Waals surface area contributed by atoms with Crippen molar-refractivity contribution in [2.45, 2.75) is 30.6 Å². The number of nitrogens with two attached hydrogens (primary N) is 1. The lowest BCUT2D eigenvalue weighted by Gasteiger charge is -2.22. The lowest BCUT2D eigenvalue weighted by molar-refractivity contribution is 0.382. The second-order valence-electron chi connectivity index (χ2n) is 6.11. The Labute approximate surface area is 126 Å². The van der Waals surface area contributed by atoms with E-state index >= 15 is 0 Å². The molecule has 116 valence electrons. The van der Waals surface area contributed by atoms with E-state index in [2.05, 4.69) is 0 Å². The van der Waals surface area contributed by atoms with Gasteiger partial charge in [-0.2, -0.15) is 4.31 Å². The normalized spacial score (nSPS) is 19.0. The number of benzene rings is 1. The van der Waals surface area contributed by atoms with Gasteiger partial charge in [0.15, 0.2) is 0 Å². The Morgan fingerprint density at radius 2 is 1.76 bits per heavy atom. The predicted molar refractivity (Wildman–Crippen MR) is 81.6 cm³/mol. The Hall–Kier alpha value is -1.27. The monoisotopic (exact) mass is 310 g/mol. The first-order valence-corrected chi connectivity index (χ1v) is 8.88. The van der Waals surface area contributed by atoms with Crippen LogP contribution in [-0.4, -0.2) is 32.9 Å². The fraction of sp³-hybridized carbons (Fsp3) is 0.600. The first kappa shape index (κ1) is 14.7. The molecule has 2 fully saturated rings. The largest absolute Gasteiger partial charge is 0.495 e. The van der Waals surface area contributed by atoms with Gasteiger partial charge in [-0.25, -0.2) is 8.42 Å². The van der Waals surface area contributed by atoms with Gasteiger partial charge in [0.25, 0.3) is 0 Å². The third kappa shape index (κ3) is 3.32. The highest BCUT2D eigenvalue weighted by molar-refractivity contribution is 7.89. The molecule has 0 saturated heterocycles. The fourth-order valence-corrected chi connectivity index (χ4v) is 4.10. The van der Waals surface area contributed by atoms with Crippen LogP contribution in [0.5, 0.6) is 5.75 Å². The molecule has 2 N–H and O–H groups in total. The quantitative estimate of drug-likeness (QED) is 0.783. The van der Waals surface area contributed by atoms with Gasteiger partial charge in [0.1, 0.15) is 5.75 Å². The zero-order chi connectivity index (χ0) is 15.0. The van der Waals surface area contributed by atoms with Gasteiger partial charge >= 0.3 is 0 Å². The van der Waals surface area contributed by atoms with Gasteiger partial charge < -0.3 is 10.5 Å². The Balaban J connectivity index is 1.86. The first-order chi connectivity index (χ1) is 10.0. The topological polar surface area (TPSA) is 72.6 Å². The molecular weight excluding hydrogens is 288 g/mol. The van der Waals surface area contributed by atoms with Gasteiger partial charge in [-0.15, -0.1) is 0 Å². The third-order valence-electron chi connectivity index (χ3n) is 4.16. The zero-order valence-electron chi connectivity index (χ0n) is 12.3. The summed E-state index contributed by atoms with van der Waals surface area (Å²) in [6, 6.07) is 4.70. The molecule has 2 aliphatic carbocycles. The molecule has 2 saturated carbocycles. The molecule has 0 spiro atoms. The molecule has 0 aromatic heterocycles. The average molecular weight is 310 g/mol. The molecule has 0 radical (unpaired) electrons. The summed E-state index contributed by atoms with van der Waals surface area (Å²) in [4.78, 5) is 0.266. The summed E-state index contributed by atoms with van der Waals surface area (Å²) in [7, 11) is -1.94. The summed E-state index contributed by atoms with van der Waals surface area (Å²) in [5, 5.41) is 0. The minimum absolute atomic E-state index is 0.266. The summed E-state index contributed by atoms with van der Waals surface area (Å²) in [5.74, 6) is 1.58. The Bertz CT molecular complexity index is 608. The summed E-state index contributed by atoms with van der Waals surface area (Å²) in [6.45, 7) is 1.29. The van der Waals surface area contributed by atoms with Crippen LogP contribution in [0.25, 0.3) is 0 Å². The van der Waals surface area contributed by atoms with Gasteiger partial charge in [0.05, 0.1) is 17.7 Å². The van der Waals surface area contributed by atoms with Gasteiger partial charge in [-0.1, -0.05) is 0 Å². The highest BCUT2D eigenvalue weighted by atomic mass is 32.2. The third-order valence-corrected chi connectivity index (χ3v) is 5.98. The second-order valence-corrected chi connectivity index (χ2v) is 8.05. The number of methoxy groups -OCH3 is 1. The molecule has 0 bridgehead atoms. The van der Waals surface area contributed by atoms with E-state index in [-0.39, 0.29) is 4.90 Å². The van der Waals surface area contributed by atoms with Crippen LogP contribution in [0.4, 0.5) is 5.69 Å². The van der Waals surface area contributed by atoms with Crippen LogP contribution in [0.3, 0.4) is 0 Å². The van der Waals surface area contributed by atoms with Crippen LogP contribution < -0.4 is 10.5 Å². The molecular formula is C15H22N2O3S. The molecule has 1 aromatic carbocycles. The fourth-order valence-electron chi connectivity index (χ4n) is 2.47. The molecule has 5 nitrogen and oxygen atoms in total. The number of hydrogen-bond donors (Lipinski definition) is 1. The van der Waals surface area contributed by atoms with Gasteiger partial charge in [-0.3, -0.25) is 0 Å². The lowest BCUT2D eigenvalue weighted by atomic mass is 10.3.